The van der Waals surface area contributed by atoms with Gasteiger partial charge in [-0.3, -0.25) is 9.89 Å². The van der Waals surface area contributed by atoms with E-state index in [0.717, 1.165) is 18.7 Å². The van der Waals surface area contributed by atoms with E-state index in [2.05, 4.69) is 27.0 Å². The summed E-state index contributed by atoms with van der Waals surface area (Å²) < 4.78 is 13.1. The molecule has 1 aromatic carbocycles. The van der Waals surface area contributed by atoms with Crippen molar-refractivity contribution >= 4 is 29.9 Å². The van der Waals surface area contributed by atoms with E-state index < -0.39 is 0 Å². The van der Waals surface area contributed by atoms with Crippen LogP contribution in [-0.2, 0) is 0 Å². The van der Waals surface area contributed by atoms with Gasteiger partial charge in [0.2, 0.25) is 0 Å². The normalized spacial score (nSPS) is 19.7. The molecule has 5 nitrogen and oxygen atoms in total. The molecule has 0 radical (unpaired) electrons. The molecule has 1 fully saturated rings. The van der Waals surface area contributed by atoms with Gasteiger partial charge in [-0.25, -0.2) is 4.39 Å². The summed E-state index contributed by atoms with van der Waals surface area (Å²) in [5, 5.41) is 3.25. The third-order valence-corrected chi connectivity index (χ3v) is 4.74. The van der Waals surface area contributed by atoms with E-state index in [0.29, 0.717) is 18.5 Å². The first kappa shape index (κ1) is 22.1. The van der Waals surface area contributed by atoms with Gasteiger partial charge in [-0.15, -0.1) is 24.0 Å². The molecule has 1 aliphatic heterocycles. The minimum Gasteiger partial charge on any atom is -0.370 e. The van der Waals surface area contributed by atoms with E-state index >= 15 is 0 Å². The van der Waals surface area contributed by atoms with Crippen LogP contribution in [0, 0.1) is 5.82 Å². The Morgan fingerprint density at radius 2 is 2.08 bits per heavy atom. The number of hydrogen-bond donors (Lipinski definition) is 2. The molecule has 1 heterocycles. The molecule has 25 heavy (non-hydrogen) atoms. The lowest BCUT2D eigenvalue weighted by Gasteiger charge is -2.24. The molecule has 1 aliphatic rings. The lowest BCUT2D eigenvalue weighted by molar-refractivity contribution is 0.267. The molecular formula is C18H31FIN5. The third-order valence-electron chi connectivity index (χ3n) is 4.74. The fraction of sp³-hybridized carbons (Fsp3) is 0.611. The molecule has 0 aromatic heterocycles. The van der Waals surface area contributed by atoms with Gasteiger partial charge in [-0.05, 0) is 57.7 Å². The molecule has 0 bridgehead atoms. The molecule has 0 aliphatic carbocycles. The van der Waals surface area contributed by atoms with Crippen molar-refractivity contribution in [3.8, 4) is 0 Å². The number of likely N-dealkylation sites (tertiary alicyclic amines) is 1. The third kappa shape index (κ3) is 6.71. The van der Waals surface area contributed by atoms with Gasteiger partial charge in [0.15, 0.2) is 5.96 Å². The number of nitrogens with zero attached hydrogens (tertiary/aromatic N) is 3. The lowest BCUT2D eigenvalue weighted by Crippen LogP contribution is -2.43. The molecule has 1 aromatic rings. The number of nitrogens with two attached hydrogens (primary N) is 1. The van der Waals surface area contributed by atoms with Gasteiger partial charge in [0.1, 0.15) is 5.82 Å². The van der Waals surface area contributed by atoms with Gasteiger partial charge >= 0.3 is 0 Å². The Bertz CT molecular complexity index is 535. The van der Waals surface area contributed by atoms with Crippen molar-refractivity contribution in [1.82, 2.24) is 15.1 Å². The summed E-state index contributed by atoms with van der Waals surface area (Å²) in [5.41, 5.74) is 7.06. The Hall–Kier alpha value is -0.930. The number of halogens is 2. The van der Waals surface area contributed by atoms with E-state index in [1.54, 1.807) is 12.1 Å². The maximum atomic E-state index is 13.1. The summed E-state index contributed by atoms with van der Waals surface area (Å²) in [6.45, 7) is 5.83. The van der Waals surface area contributed by atoms with E-state index in [9.17, 15) is 4.39 Å². The van der Waals surface area contributed by atoms with E-state index in [-0.39, 0.29) is 35.8 Å². The standard InChI is InChI=1S/C18H30FN5.HI/c1-4-24-11-5-6-16(24)12-21-18(20)22-13-17(23(2)3)14-7-9-15(19)10-8-14;/h7-10,16-17H,4-6,11-13H2,1-3H3,(H3,20,21,22);1H. The number of guanidine groups is 1. The first-order chi connectivity index (χ1) is 11.5. The number of nitrogens with one attached hydrogen (secondary N) is 1. The zero-order valence-electron chi connectivity index (χ0n) is 15.4. The molecule has 2 rings (SSSR count). The van der Waals surface area contributed by atoms with Crippen molar-refractivity contribution in [2.24, 2.45) is 10.7 Å². The Kier molecular flexibility index (Phi) is 9.66. The van der Waals surface area contributed by atoms with Crippen LogP contribution >= 0.6 is 24.0 Å². The SMILES string of the molecule is CCN1CCCC1CNC(N)=NCC(c1ccc(F)cc1)N(C)C.I. The van der Waals surface area contributed by atoms with Crippen LogP contribution in [0.2, 0.25) is 0 Å². The minimum absolute atomic E-state index is 0. The molecule has 2 unspecified atom stereocenters. The van der Waals surface area contributed by atoms with Crippen molar-refractivity contribution in [1.29, 1.82) is 0 Å². The molecule has 0 amide bonds. The number of hydrogen-bond acceptors (Lipinski definition) is 3. The fourth-order valence-corrected chi connectivity index (χ4v) is 3.26. The zero-order valence-corrected chi connectivity index (χ0v) is 17.7. The molecule has 142 valence electrons. The van der Waals surface area contributed by atoms with Crippen molar-refractivity contribution in [2.45, 2.75) is 31.8 Å². The van der Waals surface area contributed by atoms with E-state index in [4.69, 9.17) is 5.73 Å². The molecule has 1 saturated heterocycles. The Morgan fingerprint density at radius 1 is 1.40 bits per heavy atom. The highest BCUT2D eigenvalue weighted by Gasteiger charge is 2.22. The van der Waals surface area contributed by atoms with Gasteiger partial charge in [0.25, 0.3) is 0 Å². The maximum absolute atomic E-state index is 13.1. The van der Waals surface area contributed by atoms with Crippen LogP contribution < -0.4 is 11.1 Å². The second-order valence-corrected chi connectivity index (χ2v) is 6.56. The van der Waals surface area contributed by atoms with Crippen LogP contribution in [0.4, 0.5) is 4.39 Å². The number of aliphatic imine (C=N–C) groups is 1. The Labute approximate surface area is 167 Å². The van der Waals surface area contributed by atoms with Gasteiger partial charge in [0, 0.05) is 12.6 Å². The van der Waals surface area contributed by atoms with Gasteiger partial charge in [0.05, 0.1) is 12.6 Å². The lowest BCUT2D eigenvalue weighted by atomic mass is 10.1. The first-order valence-electron chi connectivity index (χ1n) is 8.71. The fourth-order valence-electron chi connectivity index (χ4n) is 3.26. The predicted octanol–water partition coefficient (Wildman–Crippen LogP) is 2.44. The number of likely N-dealkylation sites (N-methyl/N-ethyl adjacent to an activating group) is 2. The van der Waals surface area contributed by atoms with Crippen molar-refractivity contribution < 1.29 is 4.39 Å². The van der Waals surface area contributed by atoms with Gasteiger partial charge in [-0.1, -0.05) is 19.1 Å². The maximum Gasteiger partial charge on any atom is 0.188 e. The molecule has 7 heteroatoms. The molecule has 0 saturated carbocycles. The summed E-state index contributed by atoms with van der Waals surface area (Å²) in [6.07, 6.45) is 2.47. The summed E-state index contributed by atoms with van der Waals surface area (Å²) in [6, 6.07) is 7.19. The van der Waals surface area contributed by atoms with Crippen molar-refractivity contribution in [2.75, 3.05) is 40.3 Å². The molecule has 0 spiro atoms. The molecule has 3 N–H and O–H groups in total. The number of rotatable bonds is 7. The van der Waals surface area contributed by atoms with Crippen LogP contribution in [0.1, 0.15) is 31.4 Å². The predicted molar refractivity (Wildman–Crippen MR) is 113 cm³/mol. The smallest absolute Gasteiger partial charge is 0.188 e. The highest BCUT2D eigenvalue weighted by molar-refractivity contribution is 14.0. The highest BCUT2D eigenvalue weighted by atomic mass is 127. The molecular weight excluding hydrogens is 432 g/mol. The van der Waals surface area contributed by atoms with Gasteiger partial charge < -0.3 is 16.0 Å². The van der Waals surface area contributed by atoms with Crippen LogP contribution in [0.5, 0.6) is 0 Å². The Morgan fingerprint density at radius 3 is 2.68 bits per heavy atom. The summed E-state index contributed by atoms with van der Waals surface area (Å²) in [4.78, 5) is 9.03. The second kappa shape index (κ2) is 10.9. The second-order valence-electron chi connectivity index (χ2n) is 6.56. The summed E-state index contributed by atoms with van der Waals surface area (Å²) in [7, 11) is 3.98. The van der Waals surface area contributed by atoms with Crippen molar-refractivity contribution in [3.63, 3.8) is 0 Å². The number of benzene rings is 1. The minimum atomic E-state index is -0.224. The highest BCUT2D eigenvalue weighted by Crippen LogP contribution is 2.19. The van der Waals surface area contributed by atoms with Crippen LogP contribution in [0.15, 0.2) is 29.3 Å². The van der Waals surface area contributed by atoms with E-state index in [1.165, 1.54) is 31.5 Å². The van der Waals surface area contributed by atoms with Crippen LogP contribution in [0.25, 0.3) is 0 Å². The van der Waals surface area contributed by atoms with Gasteiger partial charge in [-0.2, -0.15) is 0 Å². The zero-order chi connectivity index (χ0) is 17.5. The molecule has 2 atom stereocenters. The van der Waals surface area contributed by atoms with Crippen LogP contribution in [0.3, 0.4) is 0 Å². The Balaban J connectivity index is 0.00000312. The first-order valence-corrected chi connectivity index (χ1v) is 8.71. The average molecular weight is 463 g/mol. The van der Waals surface area contributed by atoms with Crippen LogP contribution in [-0.4, -0.2) is 62.1 Å². The largest absolute Gasteiger partial charge is 0.370 e. The summed E-state index contributed by atoms with van der Waals surface area (Å²) in [5.74, 6) is 0.255. The topological polar surface area (TPSA) is 56.9 Å². The monoisotopic (exact) mass is 463 g/mol. The van der Waals surface area contributed by atoms with E-state index in [1.807, 2.05) is 14.1 Å². The summed E-state index contributed by atoms with van der Waals surface area (Å²) >= 11 is 0. The van der Waals surface area contributed by atoms with Crippen molar-refractivity contribution in [3.05, 3.63) is 35.6 Å². The average Bonchev–Trinajstić information content (AvgIpc) is 3.02. The quantitative estimate of drug-likeness (QED) is 0.371.